The molecule has 1 heterocycles. The molecule has 0 fully saturated rings. The van der Waals surface area contributed by atoms with Crippen LogP contribution < -0.4 is 15.4 Å². The van der Waals surface area contributed by atoms with Gasteiger partial charge in [-0.05, 0) is 36.4 Å². The standard InChI is InChI=1S/C19H15Cl2N3O2/c1-26-16-8-3-2-5-13(16)19(25)23-12-9-10-17(22-11-12)24-15-7-4-6-14(20)18(15)21/h2-11H,1H3,(H,22,24)(H,23,25). The molecule has 1 amide bonds. The number of nitrogens with zero attached hydrogens (tertiary/aromatic N) is 1. The minimum atomic E-state index is -0.275. The molecule has 5 nitrogen and oxygen atoms in total. The zero-order chi connectivity index (χ0) is 18.5. The number of nitrogens with one attached hydrogen (secondary N) is 2. The predicted octanol–water partition coefficient (Wildman–Crippen LogP) is 5.39. The van der Waals surface area contributed by atoms with Crippen molar-refractivity contribution in [2.24, 2.45) is 0 Å². The average Bonchev–Trinajstić information content (AvgIpc) is 2.67. The lowest BCUT2D eigenvalue weighted by Crippen LogP contribution is -2.13. The minimum absolute atomic E-state index is 0.275. The van der Waals surface area contributed by atoms with E-state index in [0.717, 1.165) is 0 Å². The van der Waals surface area contributed by atoms with Gasteiger partial charge in [0, 0.05) is 0 Å². The van der Waals surface area contributed by atoms with Crippen molar-refractivity contribution in [1.29, 1.82) is 0 Å². The summed E-state index contributed by atoms with van der Waals surface area (Å²) in [6, 6.07) is 15.8. The average molecular weight is 388 g/mol. The van der Waals surface area contributed by atoms with E-state index in [1.165, 1.54) is 7.11 Å². The molecule has 0 saturated heterocycles. The molecule has 0 aliphatic carbocycles. The molecule has 0 unspecified atom stereocenters. The molecule has 0 atom stereocenters. The van der Waals surface area contributed by atoms with Crippen LogP contribution in [0.25, 0.3) is 0 Å². The van der Waals surface area contributed by atoms with E-state index in [2.05, 4.69) is 15.6 Å². The van der Waals surface area contributed by atoms with E-state index in [-0.39, 0.29) is 5.91 Å². The van der Waals surface area contributed by atoms with Crippen LogP contribution in [0.5, 0.6) is 5.75 Å². The van der Waals surface area contributed by atoms with Crippen LogP contribution in [0.15, 0.2) is 60.8 Å². The third-order valence-electron chi connectivity index (χ3n) is 3.59. The third kappa shape index (κ3) is 4.07. The molecule has 0 radical (unpaired) electrons. The van der Waals surface area contributed by atoms with Crippen LogP contribution in [0.3, 0.4) is 0 Å². The Bertz CT molecular complexity index is 930. The van der Waals surface area contributed by atoms with E-state index in [1.54, 1.807) is 60.8 Å². The number of hydrogen-bond acceptors (Lipinski definition) is 4. The fraction of sp³-hybridized carbons (Fsp3) is 0.0526. The zero-order valence-corrected chi connectivity index (χ0v) is 15.3. The molecule has 2 N–H and O–H groups in total. The maximum Gasteiger partial charge on any atom is 0.259 e. The number of pyridine rings is 1. The zero-order valence-electron chi connectivity index (χ0n) is 13.8. The largest absolute Gasteiger partial charge is 0.496 e. The van der Waals surface area contributed by atoms with Gasteiger partial charge < -0.3 is 15.4 Å². The molecule has 0 saturated carbocycles. The Hall–Kier alpha value is -2.76. The lowest BCUT2D eigenvalue weighted by Gasteiger charge is -2.11. The number of halogens is 2. The molecule has 3 aromatic rings. The van der Waals surface area contributed by atoms with Crippen molar-refractivity contribution < 1.29 is 9.53 Å². The maximum atomic E-state index is 12.4. The first-order valence-corrected chi connectivity index (χ1v) is 8.45. The molecule has 2 aromatic carbocycles. The van der Waals surface area contributed by atoms with Gasteiger partial charge in [0.25, 0.3) is 5.91 Å². The summed E-state index contributed by atoms with van der Waals surface area (Å²) in [6.45, 7) is 0. The molecular weight excluding hydrogens is 373 g/mol. The minimum Gasteiger partial charge on any atom is -0.496 e. The van der Waals surface area contributed by atoms with Crippen molar-refractivity contribution in [2.45, 2.75) is 0 Å². The van der Waals surface area contributed by atoms with Crippen LogP contribution in [0, 0.1) is 0 Å². The van der Waals surface area contributed by atoms with Crippen molar-refractivity contribution >= 4 is 46.3 Å². The maximum absolute atomic E-state index is 12.4. The summed E-state index contributed by atoms with van der Waals surface area (Å²) in [5.74, 6) is 0.805. The highest BCUT2D eigenvalue weighted by Gasteiger charge is 2.12. The van der Waals surface area contributed by atoms with E-state index in [9.17, 15) is 4.79 Å². The fourth-order valence-electron chi connectivity index (χ4n) is 2.31. The van der Waals surface area contributed by atoms with Crippen molar-refractivity contribution in [2.75, 3.05) is 17.7 Å². The molecule has 0 aliphatic rings. The number of anilines is 3. The number of carbonyl (C=O) groups excluding carboxylic acids is 1. The number of amides is 1. The van der Waals surface area contributed by atoms with Crippen molar-refractivity contribution in [3.05, 3.63) is 76.4 Å². The van der Waals surface area contributed by atoms with E-state index in [1.807, 2.05) is 0 Å². The van der Waals surface area contributed by atoms with Gasteiger partial charge in [0.2, 0.25) is 0 Å². The highest BCUT2D eigenvalue weighted by molar-refractivity contribution is 6.43. The van der Waals surface area contributed by atoms with Gasteiger partial charge in [0.15, 0.2) is 0 Å². The van der Waals surface area contributed by atoms with Crippen LogP contribution in [-0.2, 0) is 0 Å². The van der Waals surface area contributed by atoms with E-state index in [0.29, 0.717) is 38.6 Å². The lowest BCUT2D eigenvalue weighted by molar-refractivity contribution is 0.102. The first-order chi connectivity index (χ1) is 12.6. The number of rotatable bonds is 5. The highest BCUT2D eigenvalue weighted by Crippen LogP contribution is 2.31. The third-order valence-corrected chi connectivity index (χ3v) is 4.41. The van der Waals surface area contributed by atoms with Gasteiger partial charge in [0.1, 0.15) is 11.6 Å². The Kier molecular flexibility index (Phi) is 5.61. The quantitative estimate of drug-likeness (QED) is 0.615. The molecule has 0 spiro atoms. The van der Waals surface area contributed by atoms with Gasteiger partial charge in [-0.3, -0.25) is 4.79 Å². The summed E-state index contributed by atoms with van der Waals surface area (Å²) >= 11 is 12.1. The molecule has 7 heteroatoms. The first kappa shape index (κ1) is 18.0. The predicted molar refractivity (Wildman–Crippen MR) is 105 cm³/mol. The van der Waals surface area contributed by atoms with E-state index in [4.69, 9.17) is 27.9 Å². The molecule has 1 aromatic heterocycles. The Morgan fingerprint density at radius 2 is 1.85 bits per heavy atom. The second-order valence-electron chi connectivity index (χ2n) is 5.31. The monoisotopic (exact) mass is 387 g/mol. The number of para-hydroxylation sites is 1. The summed E-state index contributed by atoms with van der Waals surface area (Å²) in [7, 11) is 1.52. The van der Waals surface area contributed by atoms with Crippen LogP contribution in [0.2, 0.25) is 10.0 Å². The summed E-state index contributed by atoms with van der Waals surface area (Å²) in [6.07, 6.45) is 1.55. The molecule has 132 valence electrons. The Labute approximate surface area is 160 Å². The normalized spacial score (nSPS) is 10.3. The summed E-state index contributed by atoms with van der Waals surface area (Å²) < 4.78 is 5.20. The Morgan fingerprint density at radius 3 is 2.58 bits per heavy atom. The molecule has 3 rings (SSSR count). The summed E-state index contributed by atoms with van der Waals surface area (Å²) in [5, 5.41) is 6.75. The van der Waals surface area contributed by atoms with Crippen LogP contribution >= 0.6 is 23.2 Å². The van der Waals surface area contributed by atoms with E-state index >= 15 is 0 Å². The molecule has 26 heavy (non-hydrogen) atoms. The Balaban J connectivity index is 1.71. The Morgan fingerprint density at radius 1 is 1.04 bits per heavy atom. The second-order valence-corrected chi connectivity index (χ2v) is 6.10. The number of hydrogen-bond donors (Lipinski definition) is 2. The van der Waals surface area contributed by atoms with Gasteiger partial charge in [-0.1, -0.05) is 41.4 Å². The van der Waals surface area contributed by atoms with Crippen molar-refractivity contribution in [3.63, 3.8) is 0 Å². The van der Waals surface area contributed by atoms with Crippen LogP contribution in [0.4, 0.5) is 17.2 Å². The number of aromatic nitrogens is 1. The molecule has 0 aliphatic heterocycles. The second kappa shape index (κ2) is 8.08. The van der Waals surface area contributed by atoms with Crippen LogP contribution in [-0.4, -0.2) is 18.0 Å². The lowest BCUT2D eigenvalue weighted by atomic mass is 10.2. The molecule has 0 bridgehead atoms. The smallest absolute Gasteiger partial charge is 0.259 e. The summed E-state index contributed by atoms with van der Waals surface area (Å²) in [5.41, 5.74) is 1.66. The number of ether oxygens (including phenoxy) is 1. The van der Waals surface area contributed by atoms with Gasteiger partial charge >= 0.3 is 0 Å². The van der Waals surface area contributed by atoms with E-state index < -0.39 is 0 Å². The van der Waals surface area contributed by atoms with Gasteiger partial charge in [-0.15, -0.1) is 0 Å². The highest BCUT2D eigenvalue weighted by atomic mass is 35.5. The van der Waals surface area contributed by atoms with Crippen molar-refractivity contribution in [1.82, 2.24) is 4.98 Å². The van der Waals surface area contributed by atoms with Crippen molar-refractivity contribution in [3.8, 4) is 5.75 Å². The van der Waals surface area contributed by atoms with Gasteiger partial charge in [-0.25, -0.2) is 4.98 Å². The van der Waals surface area contributed by atoms with Crippen LogP contribution in [0.1, 0.15) is 10.4 Å². The SMILES string of the molecule is COc1ccccc1C(=O)Nc1ccc(Nc2cccc(Cl)c2Cl)nc1. The number of carbonyl (C=O) groups is 1. The van der Waals surface area contributed by atoms with Gasteiger partial charge in [-0.2, -0.15) is 0 Å². The number of benzene rings is 2. The fourth-order valence-corrected chi connectivity index (χ4v) is 2.66. The first-order valence-electron chi connectivity index (χ1n) is 7.70. The molecular formula is C19H15Cl2N3O2. The van der Waals surface area contributed by atoms with Gasteiger partial charge in [0.05, 0.1) is 40.3 Å². The number of methoxy groups -OCH3 is 1. The topological polar surface area (TPSA) is 63.2 Å². The summed E-state index contributed by atoms with van der Waals surface area (Å²) in [4.78, 5) is 16.7.